The van der Waals surface area contributed by atoms with Gasteiger partial charge in [0.2, 0.25) is 5.56 Å². The van der Waals surface area contributed by atoms with E-state index in [-0.39, 0.29) is 16.9 Å². The molecule has 0 unspecified atom stereocenters. The monoisotopic (exact) mass is 204 g/mol. The van der Waals surface area contributed by atoms with Crippen LogP contribution >= 0.6 is 0 Å². The van der Waals surface area contributed by atoms with Crippen LogP contribution in [0.1, 0.15) is 10.4 Å². The molecule has 0 saturated carbocycles. The number of pyridine rings is 1. The molecule has 0 spiro atoms. The number of nitrogens with one attached hydrogen (secondary N) is 1. The molecule has 1 amide bonds. The number of carbonyl (C=O) groups is 1. The summed E-state index contributed by atoms with van der Waals surface area (Å²) in [6.45, 7) is 0. The maximum absolute atomic E-state index is 11.0. The minimum absolute atomic E-state index is 0.0366. The summed E-state index contributed by atoms with van der Waals surface area (Å²) in [4.78, 5) is 24.4. The molecule has 0 aliphatic carbocycles. The molecule has 1 aromatic heterocycles. The highest BCUT2D eigenvalue weighted by Gasteiger charge is 2.10. The van der Waals surface area contributed by atoms with Crippen LogP contribution in [0.5, 0.6) is 5.75 Å². The largest absolute Gasteiger partial charge is 0.506 e. The van der Waals surface area contributed by atoms with Crippen molar-refractivity contribution in [1.82, 2.24) is 4.98 Å². The van der Waals surface area contributed by atoms with Crippen LogP contribution in [0.25, 0.3) is 10.9 Å². The molecule has 0 saturated heterocycles. The van der Waals surface area contributed by atoms with Crippen LogP contribution in [0.4, 0.5) is 0 Å². The van der Waals surface area contributed by atoms with Gasteiger partial charge < -0.3 is 15.8 Å². The standard InChI is InChI=1S/C10H8N2O3/c11-10(15)6-1-3-7-5(9(6)14)2-4-8(13)12-7/h1-4,14H,(H2,11,15)(H,12,13). The van der Waals surface area contributed by atoms with Gasteiger partial charge in [-0.1, -0.05) is 0 Å². The molecule has 4 N–H and O–H groups in total. The number of carbonyl (C=O) groups excluding carboxylic acids is 1. The Hall–Kier alpha value is -2.30. The quantitative estimate of drug-likeness (QED) is 0.624. The number of aromatic hydroxyl groups is 1. The summed E-state index contributed by atoms with van der Waals surface area (Å²) in [6.07, 6.45) is 0. The van der Waals surface area contributed by atoms with E-state index >= 15 is 0 Å². The molecule has 76 valence electrons. The lowest BCUT2D eigenvalue weighted by Gasteiger charge is -2.03. The van der Waals surface area contributed by atoms with Gasteiger partial charge in [-0.05, 0) is 18.2 Å². The lowest BCUT2D eigenvalue weighted by Crippen LogP contribution is -2.11. The summed E-state index contributed by atoms with van der Waals surface area (Å²) >= 11 is 0. The van der Waals surface area contributed by atoms with Crippen molar-refractivity contribution in [1.29, 1.82) is 0 Å². The van der Waals surface area contributed by atoms with E-state index in [0.29, 0.717) is 10.9 Å². The summed E-state index contributed by atoms with van der Waals surface area (Å²) in [5.74, 6) is -0.920. The Morgan fingerprint density at radius 2 is 2.00 bits per heavy atom. The van der Waals surface area contributed by atoms with Gasteiger partial charge in [-0.25, -0.2) is 0 Å². The van der Waals surface area contributed by atoms with Gasteiger partial charge in [0.05, 0.1) is 11.1 Å². The number of phenols is 1. The first-order valence-corrected chi connectivity index (χ1v) is 4.24. The molecule has 0 bridgehead atoms. The van der Waals surface area contributed by atoms with Crippen LogP contribution in [-0.2, 0) is 0 Å². The van der Waals surface area contributed by atoms with Crippen molar-refractivity contribution in [3.8, 4) is 5.75 Å². The molecule has 2 aromatic rings. The zero-order valence-electron chi connectivity index (χ0n) is 7.65. The molecule has 0 aliphatic heterocycles. The maximum atomic E-state index is 11.0. The van der Waals surface area contributed by atoms with Crippen LogP contribution in [0, 0.1) is 0 Å². The predicted molar refractivity (Wildman–Crippen MR) is 54.8 cm³/mol. The van der Waals surface area contributed by atoms with E-state index in [1.54, 1.807) is 0 Å². The smallest absolute Gasteiger partial charge is 0.252 e. The fraction of sp³-hybridized carbons (Fsp3) is 0. The third-order valence-electron chi connectivity index (χ3n) is 2.14. The molecule has 1 heterocycles. The topological polar surface area (TPSA) is 96.2 Å². The predicted octanol–water partition coefficient (Wildman–Crippen LogP) is 0.333. The van der Waals surface area contributed by atoms with Crippen LogP contribution in [0.2, 0.25) is 0 Å². The van der Waals surface area contributed by atoms with Gasteiger partial charge in [0, 0.05) is 11.5 Å². The van der Waals surface area contributed by atoms with E-state index in [1.165, 1.54) is 24.3 Å². The van der Waals surface area contributed by atoms with E-state index in [0.717, 1.165) is 0 Å². The fourth-order valence-electron chi connectivity index (χ4n) is 1.42. The second-order valence-electron chi connectivity index (χ2n) is 3.11. The van der Waals surface area contributed by atoms with E-state index in [9.17, 15) is 14.7 Å². The number of benzene rings is 1. The normalized spacial score (nSPS) is 10.4. The van der Waals surface area contributed by atoms with Crippen molar-refractivity contribution in [3.63, 3.8) is 0 Å². The third kappa shape index (κ3) is 1.43. The van der Waals surface area contributed by atoms with E-state index in [4.69, 9.17) is 5.73 Å². The Morgan fingerprint density at radius 1 is 1.27 bits per heavy atom. The molecule has 0 aliphatic rings. The first kappa shape index (κ1) is 9.26. The van der Waals surface area contributed by atoms with E-state index in [2.05, 4.69) is 4.98 Å². The van der Waals surface area contributed by atoms with Gasteiger partial charge >= 0.3 is 0 Å². The second kappa shape index (κ2) is 3.13. The van der Waals surface area contributed by atoms with Crippen molar-refractivity contribution >= 4 is 16.8 Å². The number of aromatic nitrogens is 1. The maximum Gasteiger partial charge on any atom is 0.252 e. The molecule has 5 heteroatoms. The average molecular weight is 204 g/mol. The first-order valence-electron chi connectivity index (χ1n) is 4.24. The fourth-order valence-corrected chi connectivity index (χ4v) is 1.42. The Morgan fingerprint density at radius 3 is 2.67 bits per heavy atom. The summed E-state index contributed by atoms with van der Waals surface area (Å²) < 4.78 is 0. The lowest BCUT2D eigenvalue weighted by atomic mass is 10.1. The zero-order chi connectivity index (χ0) is 11.0. The number of H-pyrrole nitrogens is 1. The number of fused-ring (bicyclic) bond motifs is 1. The van der Waals surface area contributed by atoms with Crippen LogP contribution in [0.15, 0.2) is 29.1 Å². The van der Waals surface area contributed by atoms with Crippen molar-refractivity contribution in [3.05, 3.63) is 40.2 Å². The zero-order valence-corrected chi connectivity index (χ0v) is 7.65. The summed E-state index contributed by atoms with van der Waals surface area (Å²) in [5.41, 5.74) is 5.29. The Balaban J connectivity index is 2.85. The van der Waals surface area contributed by atoms with Gasteiger partial charge in [-0.15, -0.1) is 0 Å². The molecule has 1 aromatic carbocycles. The highest BCUT2D eigenvalue weighted by molar-refractivity contribution is 6.01. The average Bonchev–Trinajstić information content (AvgIpc) is 2.17. The van der Waals surface area contributed by atoms with Gasteiger partial charge in [-0.2, -0.15) is 0 Å². The highest BCUT2D eigenvalue weighted by Crippen LogP contribution is 2.26. The number of amides is 1. The molecule has 0 radical (unpaired) electrons. The second-order valence-corrected chi connectivity index (χ2v) is 3.11. The Kier molecular flexibility index (Phi) is 1.93. The van der Waals surface area contributed by atoms with Crippen molar-refractivity contribution < 1.29 is 9.90 Å². The number of nitrogens with two attached hydrogens (primary N) is 1. The van der Waals surface area contributed by atoms with Crippen LogP contribution in [-0.4, -0.2) is 16.0 Å². The van der Waals surface area contributed by atoms with Crippen molar-refractivity contribution in [2.45, 2.75) is 0 Å². The Labute approximate surface area is 84.2 Å². The summed E-state index contributed by atoms with van der Waals surface area (Å²) in [7, 11) is 0. The minimum Gasteiger partial charge on any atom is -0.506 e. The molecule has 0 atom stereocenters. The molecule has 2 rings (SSSR count). The number of hydrogen-bond donors (Lipinski definition) is 3. The molecule has 15 heavy (non-hydrogen) atoms. The SMILES string of the molecule is NC(=O)c1ccc2[nH]c(=O)ccc2c1O. The highest BCUT2D eigenvalue weighted by atomic mass is 16.3. The van der Waals surface area contributed by atoms with Gasteiger partial charge in [0.25, 0.3) is 5.91 Å². The number of rotatable bonds is 1. The van der Waals surface area contributed by atoms with Gasteiger partial charge in [-0.3, -0.25) is 9.59 Å². The van der Waals surface area contributed by atoms with Crippen LogP contribution in [0.3, 0.4) is 0 Å². The third-order valence-corrected chi connectivity index (χ3v) is 2.14. The minimum atomic E-state index is -0.708. The summed E-state index contributed by atoms with van der Waals surface area (Å²) in [6, 6.07) is 5.61. The van der Waals surface area contributed by atoms with E-state index in [1.807, 2.05) is 0 Å². The first-order chi connectivity index (χ1) is 7.09. The van der Waals surface area contributed by atoms with Crippen molar-refractivity contribution in [2.24, 2.45) is 5.73 Å². The Bertz CT molecular complexity index is 601. The molecule has 0 fully saturated rings. The molecular weight excluding hydrogens is 196 g/mol. The number of primary amides is 1. The number of hydrogen-bond acceptors (Lipinski definition) is 3. The summed E-state index contributed by atoms with van der Waals surface area (Å²) in [5, 5.41) is 10.1. The molecular formula is C10H8N2O3. The van der Waals surface area contributed by atoms with E-state index < -0.39 is 5.91 Å². The lowest BCUT2D eigenvalue weighted by molar-refractivity contribution is 0.0998. The number of aromatic amines is 1. The van der Waals surface area contributed by atoms with Gasteiger partial charge in [0.15, 0.2) is 0 Å². The van der Waals surface area contributed by atoms with Gasteiger partial charge in [0.1, 0.15) is 5.75 Å². The molecule has 5 nitrogen and oxygen atoms in total. The van der Waals surface area contributed by atoms with Crippen LogP contribution < -0.4 is 11.3 Å². The van der Waals surface area contributed by atoms with Crippen molar-refractivity contribution in [2.75, 3.05) is 0 Å².